The fraction of sp³-hybridized carbons (Fsp3) is 0.500. The predicted molar refractivity (Wildman–Crippen MR) is 95.0 cm³/mol. The molecule has 7 nitrogen and oxygen atoms in total. The first kappa shape index (κ1) is 20.5. The lowest BCUT2D eigenvalue weighted by Crippen LogP contribution is -2.43. The van der Waals surface area contributed by atoms with Crippen molar-refractivity contribution >= 4 is 17.9 Å². The Bertz CT molecular complexity index is 563. The lowest BCUT2D eigenvalue weighted by molar-refractivity contribution is -0.142. The SMILES string of the molecule is CCCCC(NC(=O)CCNC(=O)N(C)Cc1ccccc1)C(=O)O. The molecule has 0 bridgehead atoms. The first-order chi connectivity index (χ1) is 11.9. The van der Waals surface area contributed by atoms with Gasteiger partial charge in [0.05, 0.1) is 0 Å². The normalized spacial score (nSPS) is 11.4. The molecule has 0 fully saturated rings. The van der Waals surface area contributed by atoms with E-state index in [0.717, 1.165) is 18.4 Å². The Kier molecular flexibility index (Phi) is 9.06. The van der Waals surface area contributed by atoms with E-state index in [9.17, 15) is 14.4 Å². The van der Waals surface area contributed by atoms with Gasteiger partial charge in [-0.1, -0.05) is 50.1 Å². The molecule has 3 amide bonds. The van der Waals surface area contributed by atoms with Gasteiger partial charge in [0, 0.05) is 26.6 Å². The van der Waals surface area contributed by atoms with Gasteiger partial charge in [-0.3, -0.25) is 4.79 Å². The number of carboxylic acid groups (broad SMARTS) is 1. The largest absolute Gasteiger partial charge is 0.480 e. The first-order valence-electron chi connectivity index (χ1n) is 8.49. The van der Waals surface area contributed by atoms with Crippen LogP contribution in [-0.2, 0) is 16.1 Å². The summed E-state index contributed by atoms with van der Waals surface area (Å²) in [4.78, 5) is 36.4. The van der Waals surface area contributed by atoms with Crippen LogP contribution in [0.1, 0.15) is 38.2 Å². The molecule has 0 aliphatic heterocycles. The monoisotopic (exact) mass is 349 g/mol. The lowest BCUT2D eigenvalue weighted by Gasteiger charge is -2.18. The quantitative estimate of drug-likeness (QED) is 0.601. The summed E-state index contributed by atoms with van der Waals surface area (Å²) in [5, 5.41) is 14.2. The summed E-state index contributed by atoms with van der Waals surface area (Å²) in [5.74, 6) is -1.41. The van der Waals surface area contributed by atoms with Crippen LogP contribution in [0.15, 0.2) is 30.3 Å². The molecule has 7 heteroatoms. The number of carbonyl (C=O) groups is 3. The number of urea groups is 1. The number of aliphatic carboxylic acids is 1. The Morgan fingerprint density at radius 2 is 1.88 bits per heavy atom. The number of nitrogens with zero attached hydrogens (tertiary/aromatic N) is 1. The number of benzene rings is 1. The van der Waals surface area contributed by atoms with Gasteiger partial charge in [-0.2, -0.15) is 0 Å². The zero-order chi connectivity index (χ0) is 18.7. The van der Waals surface area contributed by atoms with Crippen molar-refractivity contribution in [1.29, 1.82) is 0 Å². The number of carbonyl (C=O) groups excluding carboxylic acids is 2. The smallest absolute Gasteiger partial charge is 0.326 e. The first-order valence-corrected chi connectivity index (χ1v) is 8.49. The third-order valence-electron chi connectivity index (χ3n) is 3.72. The molecule has 0 heterocycles. The van der Waals surface area contributed by atoms with Crippen LogP contribution in [0.25, 0.3) is 0 Å². The predicted octanol–water partition coefficient (Wildman–Crippen LogP) is 1.98. The second-order valence-electron chi connectivity index (χ2n) is 5.92. The third-order valence-corrected chi connectivity index (χ3v) is 3.72. The summed E-state index contributed by atoms with van der Waals surface area (Å²) in [6.07, 6.45) is 2.05. The number of carboxylic acids is 1. The molecule has 1 atom stereocenters. The van der Waals surface area contributed by atoms with E-state index in [2.05, 4.69) is 10.6 Å². The summed E-state index contributed by atoms with van der Waals surface area (Å²) in [6, 6.07) is 8.43. The molecule has 1 unspecified atom stereocenters. The van der Waals surface area contributed by atoms with Crippen LogP contribution in [0.4, 0.5) is 4.79 Å². The molecule has 25 heavy (non-hydrogen) atoms. The van der Waals surface area contributed by atoms with Crippen molar-refractivity contribution in [2.75, 3.05) is 13.6 Å². The Morgan fingerprint density at radius 1 is 1.20 bits per heavy atom. The molecule has 0 saturated heterocycles. The molecular formula is C18H27N3O4. The molecule has 138 valence electrons. The van der Waals surface area contributed by atoms with Crippen molar-refractivity contribution in [2.24, 2.45) is 0 Å². The minimum absolute atomic E-state index is 0.0425. The summed E-state index contributed by atoms with van der Waals surface area (Å²) >= 11 is 0. The van der Waals surface area contributed by atoms with E-state index < -0.39 is 12.0 Å². The average Bonchev–Trinajstić information content (AvgIpc) is 2.59. The fourth-order valence-electron chi connectivity index (χ4n) is 2.28. The van der Waals surface area contributed by atoms with E-state index in [-0.39, 0.29) is 24.9 Å². The van der Waals surface area contributed by atoms with Gasteiger partial charge in [0.15, 0.2) is 0 Å². The maximum Gasteiger partial charge on any atom is 0.326 e. The van der Waals surface area contributed by atoms with Gasteiger partial charge >= 0.3 is 12.0 Å². The van der Waals surface area contributed by atoms with Gasteiger partial charge in [0.2, 0.25) is 5.91 Å². The maximum absolute atomic E-state index is 12.0. The van der Waals surface area contributed by atoms with Gasteiger partial charge < -0.3 is 20.6 Å². The molecule has 0 spiro atoms. The van der Waals surface area contributed by atoms with Gasteiger partial charge in [-0.25, -0.2) is 9.59 Å². The van der Waals surface area contributed by atoms with Crippen LogP contribution in [0.3, 0.4) is 0 Å². The van der Waals surface area contributed by atoms with E-state index >= 15 is 0 Å². The van der Waals surface area contributed by atoms with Crippen molar-refractivity contribution < 1.29 is 19.5 Å². The molecule has 0 saturated carbocycles. The molecule has 1 aromatic rings. The minimum Gasteiger partial charge on any atom is -0.480 e. The number of unbranched alkanes of at least 4 members (excludes halogenated alkanes) is 1. The van der Waals surface area contributed by atoms with Gasteiger partial charge in [0.25, 0.3) is 0 Å². The third kappa shape index (κ3) is 8.19. The molecule has 0 aliphatic carbocycles. The summed E-state index contributed by atoms with van der Waals surface area (Å²) < 4.78 is 0. The van der Waals surface area contributed by atoms with Crippen LogP contribution >= 0.6 is 0 Å². The van der Waals surface area contributed by atoms with Gasteiger partial charge in [0.1, 0.15) is 6.04 Å². The molecule has 0 aliphatic rings. The lowest BCUT2D eigenvalue weighted by atomic mass is 10.1. The van der Waals surface area contributed by atoms with Crippen molar-refractivity contribution in [2.45, 2.75) is 45.2 Å². The number of hydrogen-bond acceptors (Lipinski definition) is 3. The Morgan fingerprint density at radius 3 is 2.48 bits per heavy atom. The number of hydrogen-bond donors (Lipinski definition) is 3. The van der Waals surface area contributed by atoms with Crippen molar-refractivity contribution in [1.82, 2.24) is 15.5 Å². The fourth-order valence-corrected chi connectivity index (χ4v) is 2.28. The zero-order valence-corrected chi connectivity index (χ0v) is 14.8. The van der Waals surface area contributed by atoms with E-state index in [0.29, 0.717) is 13.0 Å². The van der Waals surface area contributed by atoms with Crippen LogP contribution < -0.4 is 10.6 Å². The molecule has 1 aromatic carbocycles. The highest BCUT2D eigenvalue weighted by Gasteiger charge is 2.19. The van der Waals surface area contributed by atoms with Crippen molar-refractivity contribution in [3.63, 3.8) is 0 Å². The van der Waals surface area contributed by atoms with Gasteiger partial charge in [-0.15, -0.1) is 0 Å². The van der Waals surface area contributed by atoms with Crippen LogP contribution in [0.5, 0.6) is 0 Å². The summed E-state index contributed by atoms with van der Waals surface area (Å²) in [6.45, 7) is 2.59. The molecule has 0 radical (unpaired) electrons. The Labute approximate surface area is 148 Å². The highest BCUT2D eigenvalue weighted by atomic mass is 16.4. The van der Waals surface area contributed by atoms with Crippen LogP contribution in [0.2, 0.25) is 0 Å². The molecule has 1 rings (SSSR count). The summed E-state index contributed by atoms with van der Waals surface area (Å²) in [7, 11) is 1.67. The minimum atomic E-state index is -1.03. The number of rotatable bonds is 10. The molecule has 0 aromatic heterocycles. The summed E-state index contributed by atoms with van der Waals surface area (Å²) in [5.41, 5.74) is 1.01. The van der Waals surface area contributed by atoms with E-state index in [1.54, 1.807) is 7.05 Å². The Balaban J connectivity index is 2.31. The van der Waals surface area contributed by atoms with Gasteiger partial charge in [-0.05, 0) is 12.0 Å². The zero-order valence-electron chi connectivity index (χ0n) is 14.8. The highest BCUT2D eigenvalue weighted by Crippen LogP contribution is 2.03. The Hall–Kier alpha value is -2.57. The van der Waals surface area contributed by atoms with Crippen molar-refractivity contribution in [3.8, 4) is 0 Å². The van der Waals surface area contributed by atoms with Crippen LogP contribution in [0, 0.1) is 0 Å². The topological polar surface area (TPSA) is 98.7 Å². The maximum atomic E-state index is 12.0. The number of amides is 3. The highest BCUT2D eigenvalue weighted by molar-refractivity contribution is 5.84. The van der Waals surface area contributed by atoms with E-state index in [4.69, 9.17) is 5.11 Å². The average molecular weight is 349 g/mol. The van der Waals surface area contributed by atoms with Crippen LogP contribution in [-0.4, -0.2) is 47.5 Å². The standard InChI is InChI=1S/C18H27N3O4/c1-3-4-10-15(17(23)24)20-16(22)11-12-19-18(25)21(2)13-14-8-6-5-7-9-14/h5-9,15H,3-4,10-13H2,1-2H3,(H,19,25)(H,20,22)(H,23,24). The molecular weight excluding hydrogens is 322 g/mol. The van der Waals surface area contributed by atoms with E-state index in [1.165, 1.54) is 4.90 Å². The van der Waals surface area contributed by atoms with E-state index in [1.807, 2.05) is 37.3 Å². The second kappa shape index (κ2) is 11.1. The second-order valence-corrected chi connectivity index (χ2v) is 5.92. The number of nitrogens with one attached hydrogen (secondary N) is 2. The molecule has 3 N–H and O–H groups in total. The van der Waals surface area contributed by atoms with Crippen molar-refractivity contribution in [3.05, 3.63) is 35.9 Å².